The van der Waals surface area contributed by atoms with Crippen molar-refractivity contribution in [2.24, 2.45) is 0 Å². The highest BCUT2D eigenvalue weighted by atomic mass is 32.2. The summed E-state index contributed by atoms with van der Waals surface area (Å²) in [6.07, 6.45) is 5.80. The van der Waals surface area contributed by atoms with Crippen LogP contribution in [0.15, 0.2) is 29.4 Å². The predicted molar refractivity (Wildman–Crippen MR) is 85.2 cm³/mol. The molecule has 0 bridgehead atoms. The van der Waals surface area contributed by atoms with E-state index in [4.69, 9.17) is 9.47 Å². The summed E-state index contributed by atoms with van der Waals surface area (Å²) in [5, 5.41) is 10.3. The molecule has 1 heterocycles. The molecular weight excluding hydrogens is 286 g/mol. The molecule has 0 aliphatic rings. The number of aromatic nitrogens is 2. The molecule has 21 heavy (non-hydrogen) atoms. The Morgan fingerprint density at radius 2 is 2.00 bits per heavy atom. The van der Waals surface area contributed by atoms with E-state index in [1.807, 2.05) is 24.5 Å². The third-order valence-electron chi connectivity index (χ3n) is 3.40. The lowest BCUT2D eigenvalue weighted by Gasteiger charge is -2.16. The minimum atomic E-state index is 0.228. The maximum absolute atomic E-state index is 5.38. The van der Waals surface area contributed by atoms with Crippen LogP contribution in [-0.4, -0.2) is 30.7 Å². The van der Waals surface area contributed by atoms with Crippen LogP contribution in [-0.2, 0) is 6.54 Å². The molecule has 0 amide bonds. The van der Waals surface area contributed by atoms with E-state index in [0.29, 0.717) is 0 Å². The molecule has 5 nitrogen and oxygen atoms in total. The highest BCUT2D eigenvalue weighted by molar-refractivity contribution is 7.98. The van der Waals surface area contributed by atoms with E-state index in [-0.39, 0.29) is 6.04 Å². The normalized spacial score (nSPS) is 12.2. The van der Waals surface area contributed by atoms with Crippen molar-refractivity contribution in [2.45, 2.75) is 24.4 Å². The number of H-pyrrole nitrogens is 1. The first-order valence-electron chi connectivity index (χ1n) is 6.70. The van der Waals surface area contributed by atoms with Crippen molar-refractivity contribution in [3.05, 3.63) is 35.7 Å². The zero-order valence-electron chi connectivity index (χ0n) is 12.8. The Labute approximate surface area is 129 Å². The van der Waals surface area contributed by atoms with E-state index in [1.165, 1.54) is 10.5 Å². The molecule has 1 atom stereocenters. The van der Waals surface area contributed by atoms with Crippen molar-refractivity contribution >= 4 is 11.8 Å². The number of nitrogens with zero attached hydrogens (tertiary/aromatic N) is 1. The van der Waals surface area contributed by atoms with Gasteiger partial charge in [-0.05, 0) is 30.9 Å². The van der Waals surface area contributed by atoms with E-state index < -0.39 is 0 Å². The fourth-order valence-electron chi connectivity index (χ4n) is 2.11. The lowest BCUT2D eigenvalue weighted by Crippen LogP contribution is -2.18. The molecule has 2 rings (SSSR count). The molecule has 0 spiro atoms. The van der Waals surface area contributed by atoms with Crippen LogP contribution >= 0.6 is 11.8 Å². The second kappa shape index (κ2) is 7.38. The second-order valence-corrected chi connectivity index (χ2v) is 5.50. The number of ether oxygens (including phenoxy) is 2. The van der Waals surface area contributed by atoms with Gasteiger partial charge in [0.05, 0.1) is 20.4 Å². The van der Waals surface area contributed by atoms with Crippen LogP contribution in [0.2, 0.25) is 0 Å². The van der Waals surface area contributed by atoms with Gasteiger partial charge in [-0.2, -0.15) is 5.10 Å². The Morgan fingerprint density at radius 1 is 1.29 bits per heavy atom. The first kappa shape index (κ1) is 15.7. The number of aromatic amines is 1. The van der Waals surface area contributed by atoms with Crippen LogP contribution in [0.3, 0.4) is 0 Å². The molecule has 2 N–H and O–H groups in total. The minimum absolute atomic E-state index is 0.228. The number of hydrogen-bond donors (Lipinski definition) is 2. The number of thioether (sulfide) groups is 1. The third-order valence-corrected chi connectivity index (χ3v) is 4.22. The van der Waals surface area contributed by atoms with Gasteiger partial charge in [-0.1, -0.05) is 0 Å². The van der Waals surface area contributed by atoms with Crippen molar-refractivity contribution in [3.8, 4) is 11.5 Å². The molecule has 1 aromatic heterocycles. The molecule has 0 aliphatic carbocycles. The topological polar surface area (TPSA) is 59.2 Å². The molecule has 0 aliphatic heterocycles. The molecule has 114 valence electrons. The maximum atomic E-state index is 5.38. The van der Waals surface area contributed by atoms with Gasteiger partial charge in [0.2, 0.25) is 0 Å². The number of nitrogens with one attached hydrogen (secondary N) is 2. The van der Waals surface area contributed by atoms with Gasteiger partial charge >= 0.3 is 0 Å². The van der Waals surface area contributed by atoms with Gasteiger partial charge < -0.3 is 14.8 Å². The van der Waals surface area contributed by atoms with Gasteiger partial charge in [0.25, 0.3) is 0 Å². The quantitative estimate of drug-likeness (QED) is 0.770. The van der Waals surface area contributed by atoms with Crippen molar-refractivity contribution in [3.63, 3.8) is 0 Å². The molecule has 1 unspecified atom stereocenters. The van der Waals surface area contributed by atoms with Crippen LogP contribution in [0.5, 0.6) is 11.5 Å². The molecule has 0 saturated heterocycles. The average molecular weight is 307 g/mol. The molecule has 0 saturated carbocycles. The summed E-state index contributed by atoms with van der Waals surface area (Å²) in [5.41, 5.74) is 2.33. The van der Waals surface area contributed by atoms with Crippen LogP contribution in [0.1, 0.15) is 24.1 Å². The zero-order chi connectivity index (χ0) is 15.2. The monoisotopic (exact) mass is 307 g/mol. The van der Waals surface area contributed by atoms with E-state index in [1.54, 1.807) is 26.0 Å². The van der Waals surface area contributed by atoms with Gasteiger partial charge in [-0.15, -0.1) is 11.8 Å². The van der Waals surface area contributed by atoms with Gasteiger partial charge in [-0.3, -0.25) is 5.10 Å². The van der Waals surface area contributed by atoms with Gasteiger partial charge in [0.1, 0.15) is 0 Å². The smallest absolute Gasteiger partial charge is 0.161 e. The van der Waals surface area contributed by atoms with E-state index in [9.17, 15) is 0 Å². The highest BCUT2D eigenvalue weighted by Gasteiger charge is 2.12. The molecule has 2 aromatic rings. The number of benzene rings is 1. The Hall–Kier alpha value is -1.66. The third kappa shape index (κ3) is 3.71. The van der Waals surface area contributed by atoms with Gasteiger partial charge in [0.15, 0.2) is 11.5 Å². The standard InChI is InChI=1S/C15H21N3O2S/c1-10(12-8-17-18-9-12)16-7-11-5-13(19-2)14(20-3)6-15(11)21-4/h5-6,8-10,16H,7H2,1-4H3,(H,17,18). The number of hydrogen-bond acceptors (Lipinski definition) is 5. The number of methoxy groups -OCH3 is 2. The van der Waals surface area contributed by atoms with Gasteiger partial charge in [-0.25, -0.2) is 0 Å². The average Bonchev–Trinajstić information content (AvgIpc) is 3.06. The summed E-state index contributed by atoms with van der Waals surface area (Å²) in [5.74, 6) is 1.51. The first-order valence-corrected chi connectivity index (χ1v) is 7.93. The SMILES string of the molecule is COc1cc(CNC(C)c2cn[nH]c2)c(SC)cc1OC. The Kier molecular flexibility index (Phi) is 5.52. The Bertz CT molecular complexity index is 573. The number of rotatable bonds is 7. The van der Waals surface area contributed by atoms with Crippen molar-refractivity contribution < 1.29 is 9.47 Å². The van der Waals surface area contributed by atoms with Crippen molar-refractivity contribution in [1.29, 1.82) is 0 Å². The summed E-state index contributed by atoms with van der Waals surface area (Å²) in [4.78, 5) is 1.18. The van der Waals surface area contributed by atoms with Crippen LogP contribution in [0.25, 0.3) is 0 Å². The molecule has 1 aromatic carbocycles. The lowest BCUT2D eigenvalue weighted by molar-refractivity contribution is 0.353. The first-order chi connectivity index (χ1) is 10.2. The van der Waals surface area contributed by atoms with Crippen LogP contribution in [0, 0.1) is 0 Å². The summed E-state index contributed by atoms with van der Waals surface area (Å²) in [6, 6.07) is 4.27. The lowest BCUT2D eigenvalue weighted by atomic mass is 10.1. The Morgan fingerprint density at radius 3 is 2.57 bits per heavy atom. The summed E-state index contributed by atoms with van der Waals surface area (Å²) < 4.78 is 10.7. The maximum Gasteiger partial charge on any atom is 0.161 e. The fraction of sp³-hybridized carbons (Fsp3) is 0.400. The van der Waals surface area contributed by atoms with Crippen molar-refractivity contribution in [2.75, 3.05) is 20.5 Å². The Balaban J connectivity index is 2.15. The van der Waals surface area contributed by atoms with Crippen molar-refractivity contribution in [1.82, 2.24) is 15.5 Å². The van der Waals surface area contributed by atoms with E-state index in [0.717, 1.165) is 23.6 Å². The highest BCUT2D eigenvalue weighted by Crippen LogP contribution is 2.34. The summed E-state index contributed by atoms with van der Waals surface area (Å²) in [6.45, 7) is 2.87. The summed E-state index contributed by atoms with van der Waals surface area (Å²) >= 11 is 1.70. The predicted octanol–water partition coefficient (Wildman–Crippen LogP) is 3.00. The largest absolute Gasteiger partial charge is 0.493 e. The zero-order valence-corrected chi connectivity index (χ0v) is 13.6. The molecule has 6 heteroatoms. The van der Waals surface area contributed by atoms with Crippen LogP contribution < -0.4 is 14.8 Å². The van der Waals surface area contributed by atoms with E-state index >= 15 is 0 Å². The minimum Gasteiger partial charge on any atom is -0.493 e. The summed E-state index contributed by atoms with van der Waals surface area (Å²) in [7, 11) is 3.31. The second-order valence-electron chi connectivity index (χ2n) is 4.65. The molecule has 0 radical (unpaired) electrons. The molecular formula is C15H21N3O2S. The molecule has 0 fully saturated rings. The van der Waals surface area contributed by atoms with E-state index in [2.05, 4.69) is 28.7 Å². The fourth-order valence-corrected chi connectivity index (χ4v) is 2.73. The van der Waals surface area contributed by atoms with Gasteiger partial charge in [0, 0.05) is 29.2 Å². The van der Waals surface area contributed by atoms with Crippen LogP contribution in [0.4, 0.5) is 0 Å².